The molecule has 110 valence electrons. The van der Waals surface area contributed by atoms with Crippen molar-refractivity contribution in [1.82, 2.24) is 0 Å². The van der Waals surface area contributed by atoms with Gasteiger partial charge in [0.1, 0.15) is 0 Å². The zero-order valence-electron chi connectivity index (χ0n) is 12.0. The zero-order chi connectivity index (χ0) is 15.4. The lowest BCUT2D eigenvalue weighted by Crippen LogP contribution is -2.14. The molecule has 21 heavy (non-hydrogen) atoms. The van der Waals surface area contributed by atoms with Gasteiger partial charge in [-0.1, -0.05) is 48.0 Å². The van der Waals surface area contributed by atoms with E-state index >= 15 is 0 Å². The van der Waals surface area contributed by atoms with E-state index in [1.54, 1.807) is 0 Å². The standard InChI is InChI=1S/C17H17Br2NO/c1-3-11(2)13-6-4-5-7-16(13)20-17(21)14-10-12(18)8-9-15(14)19/h4-11H,3H2,1-2H3,(H,20,21)/t11-/m1/s1. The Morgan fingerprint density at radius 3 is 2.62 bits per heavy atom. The van der Waals surface area contributed by atoms with Crippen molar-refractivity contribution in [3.8, 4) is 0 Å². The first-order chi connectivity index (χ1) is 10.0. The van der Waals surface area contributed by atoms with E-state index in [1.807, 2.05) is 36.4 Å². The number of carbonyl (C=O) groups is 1. The number of amides is 1. The van der Waals surface area contributed by atoms with Crippen LogP contribution in [0, 0.1) is 0 Å². The molecule has 0 bridgehead atoms. The maximum absolute atomic E-state index is 12.5. The van der Waals surface area contributed by atoms with E-state index < -0.39 is 0 Å². The molecule has 1 N–H and O–H groups in total. The average molecular weight is 411 g/mol. The van der Waals surface area contributed by atoms with Crippen LogP contribution >= 0.6 is 31.9 Å². The zero-order valence-corrected chi connectivity index (χ0v) is 15.2. The van der Waals surface area contributed by atoms with Crippen molar-refractivity contribution < 1.29 is 4.79 Å². The summed E-state index contributed by atoms with van der Waals surface area (Å²) >= 11 is 6.82. The lowest BCUT2D eigenvalue weighted by molar-refractivity contribution is 0.102. The molecule has 0 radical (unpaired) electrons. The van der Waals surface area contributed by atoms with Crippen LogP contribution in [0.1, 0.15) is 42.1 Å². The molecule has 0 saturated heterocycles. The highest BCUT2D eigenvalue weighted by molar-refractivity contribution is 9.11. The van der Waals surface area contributed by atoms with Gasteiger partial charge in [-0.3, -0.25) is 4.79 Å². The number of halogens is 2. The summed E-state index contributed by atoms with van der Waals surface area (Å²) in [5.74, 6) is 0.298. The maximum atomic E-state index is 12.5. The third kappa shape index (κ3) is 3.95. The van der Waals surface area contributed by atoms with Gasteiger partial charge in [-0.05, 0) is 58.1 Å². The number of para-hydroxylation sites is 1. The predicted octanol–water partition coefficient (Wildman–Crippen LogP) is 5.98. The van der Waals surface area contributed by atoms with Crippen molar-refractivity contribution in [3.05, 3.63) is 62.5 Å². The second kappa shape index (κ2) is 7.23. The van der Waals surface area contributed by atoms with E-state index in [2.05, 4.69) is 57.1 Å². The van der Waals surface area contributed by atoms with Gasteiger partial charge in [0, 0.05) is 14.6 Å². The number of nitrogens with one attached hydrogen (secondary N) is 1. The van der Waals surface area contributed by atoms with E-state index in [4.69, 9.17) is 0 Å². The van der Waals surface area contributed by atoms with Crippen molar-refractivity contribution in [2.75, 3.05) is 5.32 Å². The summed E-state index contributed by atoms with van der Waals surface area (Å²) in [7, 11) is 0. The summed E-state index contributed by atoms with van der Waals surface area (Å²) < 4.78 is 1.66. The number of hydrogen-bond acceptors (Lipinski definition) is 1. The summed E-state index contributed by atoms with van der Waals surface area (Å²) in [5.41, 5.74) is 2.66. The minimum absolute atomic E-state index is 0.112. The van der Waals surface area contributed by atoms with Crippen LogP contribution in [0.5, 0.6) is 0 Å². The fourth-order valence-electron chi connectivity index (χ4n) is 2.12. The molecule has 0 aliphatic rings. The van der Waals surface area contributed by atoms with Gasteiger partial charge in [-0.15, -0.1) is 0 Å². The first kappa shape index (κ1) is 16.2. The monoisotopic (exact) mass is 409 g/mol. The third-order valence-corrected chi connectivity index (χ3v) is 4.71. The summed E-state index contributed by atoms with van der Waals surface area (Å²) in [6, 6.07) is 13.5. The highest BCUT2D eigenvalue weighted by Gasteiger charge is 2.14. The predicted molar refractivity (Wildman–Crippen MR) is 94.9 cm³/mol. The molecule has 2 nitrogen and oxygen atoms in total. The molecular formula is C17H17Br2NO. The second-order valence-electron chi connectivity index (χ2n) is 4.97. The second-order valence-corrected chi connectivity index (χ2v) is 6.74. The fourth-order valence-corrected chi connectivity index (χ4v) is 2.91. The number of carbonyl (C=O) groups excluding carboxylic acids is 1. The Morgan fingerprint density at radius 1 is 1.19 bits per heavy atom. The molecule has 4 heteroatoms. The molecule has 0 saturated carbocycles. The summed E-state index contributed by atoms with van der Waals surface area (Å²) in [5, 5.41) is 3.02. The van der Waals surface area contributed by atoms with Crippen molar-refractivity contribution in [2.24, 2.45) is 0 Å². The van der Waals surface area contributed by atoms with Crippen LogP contribution in [0.25, 0.3) is 0 Å². The Kier molecular flexibility index (Phi) is 5.59. The first-order valence-corrected chi connectivity index (χ1v) is 8.46. The largest absolute Gasteiger partial charge is 0.322 e. The van der Waals surface area contributed by atoms with Crippen molar-refractivity contribution in [1.29, 1.82) is 0 Å². The summed E-state index contributed by atoms with van der Waals surface area (Å²) in [6.45, 7) is 4.31. The van der Waals surface area contributed by atoms with Crippen LogP contribution in [0.3, 0.4) is 0 Å². The molecule has 0 heterocycles. The van der Waals surface area contributed by atoms with Crippen LogP contribution < -0.4 is 5.32 Å². The quantitative estimate of drug-likeness (QED) is 0.660. The topological polar surface area (TPSA) is 29.1 Å². The lowest BCUT2D eigenvalue weighted by Gasteiger charge is -2.16. The fraction of sp³-hybridized carbons (Fsp3) is 0.235. The molecule has 2 rings (SSSR count). The number of anilines is 1. The van der Waals surface area contributed by atoms with E-state index in [9.17, 15) is 4.79 Å². The van der Waals surface area contributed by atoms with E-state index in [-0.39, 0.29) is 5.91 Å². The lowest BCUT2D eigenvalue weighted by atomic mass is 9.97. The van der Waals surface area contributed by atoms with Gasteiger partial charge in [-0.25, -0.2) is 0 Å². The highest BCUT2D eigenvalue weighted by atomic mass is 79.9. The molecule has 0 aliphatic heterocycles. The van der Waals surface area contributed by atoms with Gasteiger partial charge >= 0.3 is 0 Å². The normalized spacial score (nSPS) is 12.0. The summed E-state index contributed by atoms with van der Waals surface area (Å²) in [4.78, 5) is 12.5. The maximum Gasteiger partial charge on any atom is 0.256 e. The van der Waals surface area contributed by atoms with Gasteiger partial charge < -0.3 is 5.32 Å². The highest BCUT2D eigenvalue weighted by Crippen LogP contribution is 2.28. The summed E-state index contributed by atoms with van der Waals surface area (Å²) in [6.07, 6.45) is 1.04. The Hall–Kier alpha value is -1.13. The van der Waals surface area contributed by atoms with Crippen LogP contribution in [-0.2, 0) is 0 Å². The van der Waals surface area contributed by atoms with E-state index in [0.29, 0.717) is 11.5 Å². The van der Waals surface area contributed by atoms with Gasteiger partial charge in [-0.2, -0.15) is 0 Å². The van der Waals surface area contributed by atoms with Gasteiger partial charge in [0.05, 0.1) is 5.56 Å². The minimum atomic E-state index is -0.112. The third-order valence-electron chi connectivity index (χ3n) is 3.53. The van der Waals surface area contributed by atoms with Crippen LogP contribution in [-0.4, -0.2) is 5.91 Å². The molecule has 2 aromatic carbocycles. The van der Waals surface area contributed by atoms with E-state index in [1.165, 1.54) is 5.56 Å². The van der Waals surface area contributed by atoms with Gasteiger partial charge in [0.15, 0.2) is 0 Å². The van der Waals surface area contributed by atoms with Crippen LogP contribution in [0.2, 0.25) is 0 Å². The number of benzene rings is 2. The molecule has 2 aromatic rings. The number of hydrogen-bond donors (Lipinski definition) is 1. The minimum Gasteiger partial charge on any atom is -0.322 e. The Bertz CT molecular complexity index is 655. The molecule has 0 aromatic heterocycles. The SMILES string of the molecule is CC[C@@H](C)c1ccccc1NC(=O)c1cc(Br)ccc1Br. The molecule has 0 fully saturated rings. The first-order valence-electron chi connectivity index (χ1n) is 6.88. The van der Waals surface area contributed by atoms with Crippen LogP contribution in [0.15, 0.2) is 51.4 Å². The molecule has 1 amide bonds. The van der Waals surface area contributed by atoms with Crippen LogP contribution in [0.4, 0.5) is 5.69 Å². The molecule has 1 atom stereocenters. The van der Waals surface area contributed by atoms with E-state index in [0.717, 1.165) is 21.1 Å². The van der Waals surface area contributed by atoms with Crippen molar-refractivity contribution in [2.45, 2.75) is 26.2 Å². The molecule has 0 spiro atoms. The van der Waals surface area contributed by atoms with Crippen molar-refractivity contribution in [3.63, 3.8) is 0 Å². The molecule has 0 unspecified atom stereocenters. The molecule has 0 aliphatic carbocycles. The van der Waals surface area contributed by atoms with Gasteiger partial charge in [0.25, 0.3) is 5.91 Å². The Balaban J connectivity index is 2.30. The average Bonchev–Trinajstić information content (AvgIpc) is 2.49. The Labute approximate surface area is 142 Å². The van der Waals surface area contributed by atoms with Gasteiger partial charge in [0.2, 0.25) is 0 Å². The van der Waals surface area contributed by atoms with Crippen molar-refractivity contribution >= 4 is 43.5 Å². The Morgan fingerprint density at radius 2 is 1.90 bits per heavy atom. The number of rotatable bonds is 4. The molecular weight excluding hydrogens is 394 g/mol. The smallest absolute Gasteiger partial charge is 0.256 e.